The molecule has 1 heterocycles. The highest BCUT2D eigenvalue weighted by Gasteiger charge is 2.50. The van der Waals surface area contributed by atoms with Gasteiger partial charge in [0.2, 0.25) is 0 Å². The molecule has 0 radical (unpaired) electrons. The summed E-state index contributed by atoms with van der Waals surface area (Å²) in [5, 5.41) is 23.7. The predicted molar refractivity (Wildman–Crippen MR) is 47.9 cm³/mol. The van der Waals surface area contributed by atoms with Gasteiger partial charge in [0.1, 0.15) is 11.9 Å². The summed E-state index contributed by atoms with van der Waals surface area (Å²) in [6.07, 6.45) is 2.83. The Morgan fingerprint density at radius 2 is 2.43 bits per heavy atom. The van der Waals surface area contributed by atoms with Gasteiger partial charge in [-0.05, 0) is 12.8 Å². The highest BCUT2D eigenvalue weighted by Crippen LogP contribution is 2.50. The monoisotopic (exact) mass is 197 g/mol. The van der Waals surface area contributed by atoms with Gasteiger partial charge in [-0.1, -0.05) is 0 Å². The van der Waals surface area contributed by atoms with Crippen molar-refractivity contribution in [2.45, 2.75) is 18.3 Å². The van der Waals surface area contributed by atoms with Crippen LogP contribution >= 0.6 is 0 Å². The Kier molecular flexibility index (Phi) is 1.81. The standard InChI is InChI=1S/C8H11N3O3/c1-10-7(8(5-12)2-3-8)6(4-9-10)11(13)14/h4,12H,2-3,5H2,1H3. The topological polar surface area (TPSA) is 81.2 Å². The van der Waals surface area contributed by atoms with Crippen molar-refractivity contribution >= 4 is 5.69 Å². The first-order valence-electron chi connectivity index (χ1n) is 4.38. The van der Waals surface area contributed by atoms with Crippen LogP contribution in [0.1, 0.15) is 18.5 Å². The van der Waals surface area contributed by atoms with E-state index in [2.05, 4.69) is 5.10 Å². The quantitative estimate of drug-likeness (QED) is 0.560. The van der Waals surface area contributed by atoms with Gasteiger partial charge in [-0.15, -0.1) is 0 Å². The Bertz CT molecular complexity index is 381. The molecule has 0 aromatic carbocycles. The lowest BCUT2D eigenvalue weighted by atomic mass is 10.0. The second kappa shape index (κ2) is 2.78. The van der Waals surface area contributed by atoms with Crippen LogP contribution in [0.25, 0.3) is 0 Å². The van der Waals surface area contributed by atoms with Crippen LogP contribution in [-0.2, 0) is 12.5 Å². The molecular formula is C8H11N3O3. The van der Waals surface area contributed by atoms with Crippen molar-refractivity contribution in [2.75, 3.05) is 6.61 Å². The molecule has 1 saturated carbocycles. The number of nitrogens with zero attached hydrogens (tertiary/aromatic N) is 3. The molecule has 6 nitrogen and oxygen atoms in total. The molecule has 0 unspecified atom stereocenters. The molecule has 0 bridgehead atoms. The molecule has 2 rings (SSSR count). The number of aliphatic hydroxyl groups excluding tert-OH is 1. The summed E-state index contributed by atoms with van der Waals surface area (Å²) in [6, 6.07) is 0. The fourth-order valence-electron chi connectivity index (χ4n) is 1.80. The average molecular weight is 197 g/mol. The molecule has 1 fully saturated rings. The molecule has 1 aliphatic carbocycles. The number of hydrogen-bond acceptors (Lipinski definition) is 4. The number of aryl methyl sites for hydroxylation is 1. The van der Waals surface area contributed by atoms with Crippen LogP contribution in [0.3, 0.4) is 0 Å². The Morgan fingerprint density at radius 1 is 1.79 bits per heavy atom. The Balaban J connectivity index is 2.50. The third kappa shape index (κ3) is 1.11. The van der Waals surface area contributed by atoms with Gasteiger partial charge >= 0.3 is 5.69 Å². The first-order valence-corrected chi connectivity index (χ1v) is 4.38. The van der Waals surface area contributed by atoms with Crippen LogP contribution in [0.15, 0.2) is 6.20 Å². The molecule has 0 amide bonds. The summed E-state index contributed by atoms with van der Waals surface area (Å²) in [4.78, 5) is 10.2. The van der Waals surface area contributed by atoms with Crippen molar-refractivity contribution in [2.24, 2.45) is 7.05 Å². The van der Waals surface area contributed by atoms with Gasteiger partial charge in [-0.25, -0.2) is 0 Å². The Hall–Kier alpha value is -1.43. The summed E-state index contributed by atoms with van der Waals surface area (Å²) in [5.74, 6) is 0. The van der Waals surface area contributed by atoms with Crippen molar-refractivity contribution in [3.05, 3.63) is 22.0 Å². The van der Waals surface area contributed by atoms with Crippen LogP contribution in [0.4, 0.5) is 5.69 Å². The van der Waals surface area contributed by atoms with Crippen molar-refractivity contribution in [3.8, 4) is 0 Å². The lowest BCUT2D eigenvalue weighted by Gasteiger charge is -2.10. The highest BCUT2D eigenvalue weighted by atomic mass is 16.6. The van der Waals surface area contributed by atoms with Gasteiger partial charge in [0.25, 0.3) is 0 Å². The molecule has 1 aromatic rings. The minimum absolute atomic E-state index is 0.0130. The van der Waals surface area contributed by atoms with Crippen LogP contribution in [0.5, 0.6) is 0 Å². The van der Waals surface area contributed by atoms with Crippen molar-refractivity contribution in [1.29, 1.82) is 0 Å². The largest absolute Gasteiger partial charge is 0.395 e. The minimum atomic E-state index is -0.446. The summed E-state index contributed by atoms with van der Waals surface area (Å²) in [6.45, 7) is -0.0482. The molecule has 1 aliphatic rings. The van der Waals surface area contributed by atoms with E-state index in [0.717, 1.165) is 12.8 Å². The maximum Gasteiger partial charge on any atom is 0.310 e. The normalized spacial score (nSPS) is 18.1. The number of nitro groups is 1. The molecule has 1 N–H and O–H groups in total. The van der Waals surface area contributed by atoms with Gasteiger partial charge in [-0.3, -0.25) is 14.8 Å². The molecule has 1 aromatic heterocycles. The number of rotatable bonds is 3. The van der Waals surface area contributed by atoms with Gasteiger partial charge in [0, 0.05) is 12.5 Å². The molecule has 0 spiro atoms. The predicted octanol–water partition coefficient (Wildman–Crippen LogP) is 0.352. The maximum atomic E-state index is 10.7. The number of hydrogen-bond donors (Lipinski definition) is 1. The fourth-order valence-corrected chi connectivity index (χ4v) is 1.80. The summed E-state index contributed by atoms with van der Waals surface area (Å²) < 4.78 is 1.49. The summed E-state index contributed by atoms with van der Waals surface area (Å²) in [7, 11) is 1.66. The van der Waals surface area contributed by atoms with E-state index in [1.165, 1.54) is 10.9 Å². The zero-order valence-electron chi connectivity index (χ0n) is 7.80. The Morgan fingerprint density at radius 3 is 2.86 bits per heavy atom. The molecule has 0 aliphatic heterocycles. The third-order valence-electron chi connectivity index (χ3n) is 2.77. The van der Waals surface area contributed by atoms with Gasteiger partial charge in [-0.2, -0.15) is 5.10 Å². The van der Waals surface area contributed by atoms with Crippen LogP contribution < -0.4 is 0 Å². The maximum absolute atomic E-state index is 10.7. The number of aliphatic hydroxyl groups is 1. The van der Waals surface area contributed by atoms with Gasteiger partial charge < -0.3 is 5.11 Å². The molecule has 14 heavy (non-hydrogen) atoms. The van der Waals surface area contributed by atoms with E-state index in [-0.39, 0.29) is 12.3 Å². The lowest BCUT2D eigenvalue weighted by Crippen LogP contribution is -2.18. The number of aromatic nitrogens is 2. The fraction of sp³-hybridized carbons (Fsp3) is 0.625. The SMILES string of the molecule is Cn1ncc([N+](=O)[O-])c1C1(CO)CC1. The molecule has 0 atom stereocenters. The third-order valence-corrected chi connectivity index (χ3v) is 2.77. The molecule has 6 heteroatoms. The first kappa shape index (κ1) is 9.14. The van der Waals surface area contributed by atoms with E-state index < -0.39 is 10.3 Å². The summed E-state index contributed by atoms with van der Waals surface area (Å²) >= 11 is 0. The van der Waals surface area contributed by atoms with E-state index >= 15 is 0 Å². The van der Waals surface area contributed by atoms with Crippen LogP contribution in [0, 0.1) is 10.1 Å². The lowest BCUT2D eigenvalue weighted by molar-refractivity contribution is -0.386. The van der Waals surface area contributed by atoms with E-state index in [0.29, 0.717) is 5.69 Å². The van der Waals surface area contributed by atoms with E-state index in [4.69, 9.17) is 0 Å². The highest BCUT2D eigenvalue weighted by molar-refractivity contribution is 5.42. The zero-order chi connectivity index (χ0) is 10.3. The smallest absolute Gasteiger partial charge is 0.310 e. The van der Waals surface area contributed by atoms with Crippen LogP contribution in [-0.4, -0.2) is 26.4 Å². The second-order valence-corrected chi connectivity index (χ2v) is 3.70. The van der Waals surface area contributed by atoms with Gasteiger partial charge in [0.05, 0.1) is 11.5 Å². The van der Waals surface area contributed by atoms with E-state index in [1.54, 1.807) is 7.05 Å². The average Bonchev–Trinajstić information content (AvgIpc) is 2.84. The molecular weight excluding hydrogens is 186 g/mol. The van der Waals surface area contributed by atoms with E-state index in [9.17, 15) is 15.2 Å². The van der Waals surface area contributed by atoms with Crippen molar-refractivity contribution in [1.82, 2.24) is 9.78 Å². The van der Waals surface area contributed by atoms with Crippen molar-refractivity contribution in [3.63, 3.8) is 0 Å². The second-order valence-electron chi connectivity index (χ2n) is 3.70. The molecule has 76 valence electrons. The molecule has 0 saturated heterocycles. The van der Waals surface area contributed by atoms with Crippen molar-refractivity contribution < 1.29 is 10.0 Å². The zero-order valence-corrected chi connectivity index (χ0v) is 7.80. The van der Waals surface area contributed by atoms with Gasteiger partial charge in [0.15, 0.2) is 0 Å². The minimum Gasteiger partial charge on any atom is -0.395 e. The Labute approximate surface area is 80.3 Å². The summed E-state index contributed by atoms with van der Waals surface area (Å²) in [5.41, 5.74) is 0.150. The van der Waals surface area contributed by atoms with E-state index in [1.807, 2.05) is 0 Å². The van der Waals surface area contributed by atoms with Crippen LogP contribution in [0.2, 0.25) is 0 Å². The first-order chi connectivity index (χ1) is 6.60.